The highest BCUT2D eigenvalue weighted by Gasteiger charge is 2.15. The van der Waals surface area contributed by atoms with Gasteiger partial charge in [0.2, 0.25) is 0 Å². The summed E-state index contributed by atoms with van der Waals surface area (Å²) < 4.78 is 0. The SMILES string of the molecule is OC(Cc1csc(N2CCCSCC2)n1)c1ccccc1. The number of nitrogens with zero attached hydrogens (tertiary/aromatic N) is 2. The van der Waals surface area contributed by atoms with E-state index < -0.39 is 6.10 Å². The summed E-state index contributed by atoms with van der Waals surface area (Å²) >= 11 is 3.72. The minimum Gasteiger partial charge on any atom is -0.388 e. The Kier molecular flexibility index (Phi) is 5.17. The number of thioether (sulfide) groups is 1. The number of anilines is 1. The predicted octanol–water partition coefficient (Wildman–Crippen LogP) is 3.36. The summed E-state index contributed by atoms with van der Waals surface area (Å²) in [5.41, 5.74) is 1.95. The van der Waals surface area contributed by atoms with Crippen LogP contribution in [0, 0.1) is 0 Å². The molecule has 1 unspecified atom stereocenters. The van der Waals surface area contributed by atoms with Crippen molar-refractivity contribution < 1.29 is 5.11 Å². The van der Waals surface area contributed by atoms with E-state index in [2.05, 4.69) is 10.3 Å². The summed E-state index contributed by atoms with van der Waals surface area (Å²) in [6.45, 7) is 2.18. The molecule has 1 fully saturated rings. The smallest absolute Gasteiger partial charge is 0.185 e. The van der Waals surface area contributed by atoms with Crippen molar-refractivity contribution in [3.63, 3.8) is 0 Å². The first-order valence-corrected chi connectivity index (χ1v) is 9.36. The molecule has 112 valence electrons. The Hall–Kier alpha value is -1.04. The Morgan fingerprint density at radius 3 is 2.90 bits per heavy atom. The molecule has 2 aromatic rings. The molecule has 3 rings (SSSR count). The predicted molar refractivity (Wildman–Crippen MR) is 91.4 cm³/mol. The molecule has 5 heteroatoms. The van der Waals surface area contributed by atoms with E-state index in [1.54, 1.807) is 11.3 Å². The van der Waals surface area contributed by atoms with Gasteiger partial charge in [0.25, 0.3) is 0 Å². The Morgan fingerprint density at radius 2 is 2.05 bits per heavy atom. The van der Waals surface area contributed by atoms with E-state index in [0.717, 1.165) is 29.5 Å². The highest BCUT2D eigenvalue weighted by Crippen LogP contribution is 2.26. The number of hydrogen-bond acceptors (Lipinski definition) is 5. The fourth-order valence-electron chi connectivity index (χ4n) is 2.46. The molecule has 1 saturated heterocycles. The second kappa shape index (κ2) is 7.29. The molecule has 2 heterocycles. The van der Waals surface area contributed by atoms with Crippen molar-refractivity contribution in [1.82, 2.24) is 4.98 Å². The van der Waals surface area contributed by atoms with Gasteiger partial charge in [0.15, 0.2) is 5.13 Å². The van der Waals surface area contributed by atoms with Crippen molar-refractivity contribution in [3.8, 4) is 0 Å². The van der Waals surface area contributed by atoms with Crippen LogP contribution in [0.15, 0.2) is 35.7 Å². The fourth-order valence-corrected chi connectivity index (χ4v) is 4.24. The fraction of sp³-hybridized carbons (Fsp3) is 0.438. The first-order valence-electron chi connectivity index (χ1n) is 7.33. The molecule has 1 aromatic heterocycles. The van der Waals surface area contributed by atoms with Crippen LogP contribution in [0.4, 0.5) is 5.13 Å². The average molecular weight is 320 g/mol. The molecule has 1 atom stereocenters. The number of hydrogen-bond donors (Lipinski definition) is 1. The highest BCUT2D eigenvalue weighted by atomic mass is 32.2. The second-order valence-corrected chi connectivity index (χ2v) is 7.27. The van der Waals surface area contributed by atoms with Crippen molar-refractivity contribution in [2.45, 2.75) is 18.9 Å². The molecule has 0 aliphatic carbocycles. The van der Waals surface area contributed by atoms with Crippen LogP contribution in [0.5, 0.6) is 0 Å². The largest absolute Gasteiger partial charge is 0.388 e. The van der Waals surface area contributed by atoms with Gasteiger partial charge in [-0.25, -0.2) is 4.98 Å². The van der Waals surface area contributed by atoms with Crippen molar-refractivity contribution in [2.75, 3.05) is 29.5 Å². The lowest BCUT2D eigenvalue weighted by molar-refractivity contribution is 0.177. The zero-order valence-corrected chi connectivity index (χ0v) is 13.6. The molecule has 0 radical (unpaired) electrons. The Balaban J connectivity index is 1.64. The summed E-state index contributed by atoms with van der Waals surface area (Å²) in [6, 6.07) is 9.81. The normalized spacial score (nSPS) is 17.5. The van der Waals surface area contributed by atoms with Gasteiger partial charge in [0.05, 0.1) is 11.8 Å². The van der Waals surface area contributed by atoms with Gasteiger partial charge in [-0.1, -0.05) is 30.3 Å². The Morgan fingerprint density at radius 1 is 1.19 bits per heavy atom. The summed E-state index contributed by atoms with van der Waals surface area (Å²) in [4.78, 5) is 7.09. The van der Waals surface area contributed by atoms with Gasteiger partial charge in [0, 0.05) is 30.6 Å². The highest BCUT2D eigenvalue weighted by molar-refractivity contribution is 7.99. The molecule has 1 aliphatic heterocycles. The van der Waals surface area contributed by atoms with Crippen LogP contribution in [0.25, 0.3) is 0 Å². The van der Waals surface area contributed by atoms with Crippen molar-refractivity contribution in [2.24, 2.45) is 0 Å². The zero-order valence-electron chi connectivity index (χ0n) is 11.9. The Bertz CT molecular complexity index is 550. The van der Waals surface area contributed by atoms with Gasteiger partial charge in [-0.15, -0.1) is 11.3 Å². The number of rotatable bonds is 4. The van der Waals surface area contributed by atoms with E-state index in [1.807, 2.05) is 42.1 Å². The van der Waals surface area contributed by atoms with E-state index in [1.165, 1.54) is 17.9 Å². The maximum atomic E-state index is 10.3. The van der Waals surface area contributed by atoms with E-state index in [9.17, 15) is 5.11 Å². The lowest BCUT2D eigenvalue weighted by Gasteiger charge is -2.18. The summed E-state index contributed by atoms with van der Waals surface area (Å²) in [5, 5.41) is 13.5. The maximum absolute atomic E-state index is 10.3. The zero-order chi connectivity index (χ0) is 14.5. The minimum atomic E-state index is -0.471. The number of aromatic nitrogens is 1. The van der Waals surface area contributed by atoms with Crippen LogP contribution >= 0.6 is 23.1 Å². The van der Waals surface area contributed by atoms with Gasteiger partial charge in [-0.3, -0.25) is 0 Å². The summed E-state index contributed by atoms with van der Waals surface area (Å²) in [6.07, 6.45) is 1.34. The lowest BCUT2D eigenvalue weighted by Crippen LogP contribution is -2.25. The number of aliphatic hydroxyl groups is 1. The molecule has 3 nitrogen and oxygen atoms in total. The van der Waals surface area contributed by atoms with Crippen LogP contribution in [0.2, 0.25) is 0 Å². The van der Waals surface area contributed by atoms with E-state index in [-0.39, 0.29) is 0 Å². The molecule has 1 aromatic carbocycles. The van der Waals surface area contributed by atoms with Crippen molar-refractivity contribution >= 4 is 28.2 Å². The quantitative estimate of drug-likeness (QED) is 0.937. The molecule has 0 spiro atoms. The van der Waals surface area contributed by atoms with Crippen LogP contribution in [-0.2, 0) is 6.42 Å². The monoisotopic (exact) mass is 320 g/mol. The number of aliphatic hydroxyl groups excluding tert-OH is 1. The molecule has 1 N–H and O–H groups in total. The molecule has 21 heavy (non-hydrogen) atoms. The first kappa shape index (κ1) is 14.9. The average Bonchev–Trinajstić information content (AvgIpc) is 2.81. The molecule has 0 bridgehead atoms. The van der Waals surface area contributed by atoms with Crippen LogP contribution in [0.3, 0.4) is 0 Å². The lowest BCUT2D eigenvalue weighted by atomic mass is 10.1. The van der Waals surface area contributed by atoms with Gasteiger partial charge in [0.1, 0.15) is 0 Å². The maximum Gasteiger partial charge on any atom is 0.185 e. The third-order valence-corrected chi connectivity index (χ3v) is 5.62. The standard InChI is InChI=1S/C16H20N2OS2/c19-15(13-5-2-1-3-6-13)11-14-12-21-16(17-14)18-7-4-9-20-10-8-18/h1-3,5-6,12,15,19H,4,7-11H2. The van der Waals surface area contributed by atoms with Gasteiger partial charge < -0.3 is 10.0 Å². The molecule has 0 saturated carbocycles. The molecular formula is C16H20N2OS2. The van der Waals surface area contributed by atoms with Crippen molar-refractivity contribution in [1.29, 1.82) is 0 Å². The van der Waals surface area contributed by atoms with E-state index in [4.69, 9.17) is 4.98 Å². The van der Waals surface area contributed by atoms with Crippen LogP contribution < -0.4 is 4.90 Å². The first-order chi connectivity index (χ1) is 10.3. The van der Waals surface area contributed by atoms with E-state index in [0.29, 0.717) is 6.42 Å². The van der Waals surface area contributed by atoms with Gasteiger partial charge in [-0.05, 0) is 17.7 Å². The summed E-state index contributed by atoms with van der Waals surface area (Å²) in [7, 11) is 0. The van der Waals surface area contributed by atoms with Gasteiger partial charge >= 0.3 is 0 Å². The summed E-state index contributed by atoms with van der Waals surface area (Å²) in [5.74, 6) is 2.43. The molecule has 0 amide bonds. The molecular weight excluding hydrogens is 300 g/mol. The van der Waals surface area contributed by atoms with Crippen molar-refractivity contribution in [3.05, 3.63) is 47.0 Å². The third kappa shape index (κ3) is 3.99. The number of thiazole rings is 1. The Labute approximate surface area is 134 Å². The number of benzene rings is 1. The molecule has 1 aliphatic rings. The van der Waals surface area contributed by atoms with Crippen LogP contribution in [-0.4, -0.2) is 34.7 Å². The second-order valence-electron chi connectivity index (χ2n) is 5.20. The minimum absolute atomic E-state index is 0.471. The van der Waals surface area contributed by atoms with Crippen LogP contribution in [0.1, 0.15) is 23.8 Å². The topological polar surface area (TPSA) is 36.4 Å². The third-order valence-electron chi connectivity index (χ3n) is 3.62. The van der Waals surface area contributed by atoms with E-state index >= 15 is 0 Å². The van der Waals surface area contributed by atoms with Gasteiger partial charge in [-0.2, -0.15) is 11.8 Å².